The van der Waals surface area contributed by atoms with Gasteiger partial charge in [0.25, 0.3) is 0 Å². The van der Waals surface area contributed by atoms with Gasteiger partial charge in [-0.2, -0.15) is 0 Å². The Kier molecular flexibility index (Phi) is 5.49. The van der Waals surface area contributed by atoms with Crippen LogP contribution in [0.1, 0.15) is 17.5 Å². The second-order valence-electron chi connectivity index (χ2n) is 5.24. The summed E-state index contributed by atoms with van der Waals surface area (Å²) in [5.41, 5.74) is 1.41. The predicted molar refractivity (Wildman–Crippen MR) is 76.9 cm³/mol. The molecule has 0 unspecified atom stereocenters. The Balaban J connectivity index is 1.77. The van der Waals surface area contributed by atoms with Crippen LogP contribution in [0.2, 0.25) is 0 Å². The molecule has 1 aliphatic rings. The first-order chi connectivity index (χ1) is 9.65. The number of nitrogens with one attached hydrogen (secondary N) is 2. The van der Waals surface area contributed by atoms with E-state index in [9.17, 15) is 9.18 Å². The number of hydrogen-bond donors (Lipinski definition) is 2. The van der Waals surface area contributed by atoms with Crippen LogP contribution in [0.4, 0.5) is 4.39 Å². The third-order valence-electron chi connectivity index (χ3n) is 3.53. The molecule has 1 fully saturated rings. The van der Waals surface area contributed by atoms with E-state index in [1.54, 1.807) is 13.0 Å². The van der Waals surface area contributed by atoms with Crippen molar-refractivity contribution in [3.8, 4) is 0 Å². The van der Waals surface area contributed by atoms with Gasteiger partial charge in [-0.25, -0.2) is 4.39 Å². The van der Waals surface area contributed by atoms with Crippen molar-refractivity contribution in [2.24, 2.45) is 0 Å². The predicted octanol–water partition coefficient (Wildman–Crippen LogP) is 1.05. The quantitative estimate of drug-likeness (QED) is 0.866. The van der Waals surface area contributed by atoms with Crippen LogP contribution in [0.25, 0.3) is 0 Å². The zero-order chi connectivity index (χ0) is 14.4. The van der Waals surface area contributed by atoms with Crippen molar-refractivity contribution in [1.82, 2.24) is 15.5 Å². The van der Waals surface area contributed by atoms with Gasteiger partial charge in [0, 0.05) is 19.6 Å². The zero-order valence-corrected chi connectivity index (χ0v) is 11.9. The van der Waals surface area contributed by atoms with Crippen molar-refractivity contribution in [2.45, 2.75) is 19.9 Å². The van der Waals surface area contributed by atoms with Gasteiger partial charge in [-0.3, -0.25) is 9.69 Å². The van der Waals surface area contributed by atoms with Gasteiger partial charge in [-0.05, 0) is 43.6 Å². The number of amides is 1. The highest BCUT2D eigenvalue weighted by atomic mass is 19.1. The Bertz CT molecular complexity index is 456. The first kappa shape index (κ1) is 14.9. The molecule has 4 nitrogen and oxygen atoms in total. The van der Waals surface area contributed by atoms with Crippen LogP contribution in [0.5, 0.6) is 0 Å². The summed E-state index contributed by atoms with van der Waals surface area (Å²) >= 11 is 0. The van der Waals surface area contributed by atoms with Crippen LogP contribution >= 0.6 is 0 Å². The summed E-state index contributed by atoms with van der Waals surface area (Å²) in [5.74, 6) is -0.233. The number of hydrogen-bond acceptors (Lipinski definition) is 3. The Morgan fingerprint density at radius 2 is 2.25 bits per heavy atom. The highest BCUT2D eigenvalue weighted by Gasteiger charge is 2.12. The fourth-order valence-corrected chi connectivity index (χ4v) is 2.27. The molecule has 0 bridgehead atoms. The molecule has 1 heterocycles. The normalized spacial score (nSPS) is 16.7. The maximum atomic E-state index is 13.4. The SMILES string of the molecule is Cc1ccc(CNC(=O)CN2CCCNCC2)cc1F. The van der Waals surface area contributed by atoms with Crippen LogP contribution in [0, 0.1) is 12.7 Å². The van der Waals surface area contributed by atoms with Crippen molar-refractivity contribution in [2.75, 3.05) is 32.7 Å². The van der Waals surface area contributed by atoms with Gasteiger partial charge in [-0.1, -0.05) is 12.1 Å². The van der Waals surface area contributed by atoms with Gasteiger partial charge in [-0.15, -0.1) is 0 Å². The molecule has 1 aromatic carbocycles. The lowest BCUT2D eigenvalue weighted by molar-refractivity contribution is -0.122. The fraction of sp³-hybridized carbons (Fsp3) is 0.533. The molecule has 5 heteroatoms. The zero-order valence-electron chi connectivity index (χ0n) is 11.9. The van der Waals surface area contributed by atoms with Gasteiger partial charge in [0.05, 0.1) is 6.54 Å². The van der Waals surface area contributed by atoms with E-state index < -0.39 is 0 Å². The summed E-state index contributed by atoms with van der Waals surface area (Å²) < 4.78 is 13.4. The second-order valence-corrected chi connectivity index (χ2v) is 5.24. The van der Waals surface area contributed by atoms with Crippen molar-refractivity contribution < 1.29 is 9.18 Å². The summed E-state index contributed by atoms with van der Waals surface area (Å²) in [7, 11) is 0. The maximum absolute atomic E-state index is 13.4. The summed E-state index contributed by atoms with van der Waals surface area (Å²) in [6.07, 6.45) is 1.07. The van der Waals surface area contributed by atoms with Crippen molar-refractivity contribution in [3.63, 3.8) is 0 Å². The van der Waals surface area contributed by atoms with Crippen LogP contribution in [0.3, 0.4) is 0 Å². The summed E-state index contributed by atoms with van der Waals surface area (Å²) in [4.78, 5) is 14.0. The Morgan fingerprint density at radius 3 is 3.05 bits per heavy atom. The molecule has 0 aliphatic carbocycles. The molecule has 0 radical (unpaired) electrons. The molecule has 0 saturated carbocycles. The number of carbonyl (C=O) groups excluding carboxylic acids is 1. The van der Waals surface area contributed by atoms with E-state index in [1.165, 1.54) is 6.07 Å². The van der Waals surface area contributed by atoms with Crippen LogP contribution < -0.4 is 10.6 Å². The topological polar surface area (TPSA) is 44.4 Å². The molecule has 0 spiro atoms. The van der Waals surface area contributed by atoms with E-state index in [2.05, 4.69) is 15.5 Å². The molecule has 1 aromatic rings. The van der Waals surface area contributed by atoms with Crippen molar-refractivity contribution >= 4 is 5.91 Å². The Labute approximate surface area is 119 Å². The molecule has 0 atom stereocenters. The second kappa shape index (κ2) is 7.36. The summed E-state index contributed by atoms with van der Waals surface area (Å²) in [6, 6.07) is 5.05. The number of halogens is 1. The van der Waals surface area contributed by atoms with E-state index in [0.717, 1.165) is 38.2 Å². The summed E-state index contributed by atoms with van der Waals surface area (Å²) in [6.45, 7) is 6.30. The minimum absolute atomic E-state index is 0.00659. The molecular formula is C15H22FN3O. The number of rotatable bonds is 4. The van der Waals surface area contributed by atoms with Gasteiger partial charge in [0.1, 0.15) is 5.82 Å². The molecule has 2 rings (SSSR count). The van der Waals surface area contributed by atoms with E-state index in [1.807, 2.05) is 6.07 Å². The third kappa shape index (κ3) is 4.58. The molecule has 1 amide bonds. The number of aryl methyl sites for hydroxylation is 1. The lowest BCUT2D eigenvalue weighted by atomic mass is 10.1. The van der Waals surface area contributed by atoms with E-state index in [-0.39, 0.29) is 11.7 Å². The van der Waals surface area contributed by atoms with Gasteiger partial charge in [0.15, 0.2) is 0 Å². The highest BCUT2D eigenvalue weighted by molar-refractivity contribution is 5.78. The Hall–Kier alpha value is -1.46. The third-order valence-corrected chi connectivity index (χ3v) is 3.53. The molecular weight excluding hydrogens is 257 g/mol. The van der Waals surface area contributed by atoms with Crippen molar-refractivity contribution in [1.29, 1.82) is 0 Å². The largest absolute Gasteiger partial charge is 0.351 e. The smallest absolute Gasteiger partial charge is 0.234 e. The monoisotopic (exact) mass is 279 g/mol. The summed E-state index contributed by atoms with van der Waals surface area (Å²) in [5, 5.41) is 6.15. The number of nitrogens with zero attached hydrogens (tertiary/aromatic N) is 1. The van der Waals surface area contributed by atoms with Crippen LogP contribution in [-0.2, 0) is 11.3 Å². The average Bonchev–Trinajstić information content (AvgIpc) is 2.69. The first-order valence-electron chi connectivity index (χ1n) is 7.10. The lowest BCUT2D eigenvalue weighted by Crippen LogP contribution is -2.38. The lowest BCUT2D eigenvalue weighted by Gasteiger charge is -2.18. The number of carbonyl (C=O) groups is 1. The molecule has 110 valence electrons. The van der Waals surface area contributed by atoms with Crippen LogP contribution in [0.15, 0.2) is 18.2 Å². The highest BCUT2D eigenvalue weighted by Crippen LogP contribution is 2.08. The minimum Gasteiger partial charge on any atom is -0.351 e. The average molecular weight is 279 g/mol. The standard InChI is InChI=1S/C15H22FN3O/c1-12-3-4-13(9-14(12)16)10-18-15(20)11-19-7-2-5-17-6-8-19/h3-4,9,17H,2,5-8,10-11H2,1H3,(H,18,20). The van der Waals surface area contributed by atoms with E-state index >= 15 is 0 Å². The first-order valence-corrected chi connectivity index (χ1v) is 7.10. The number of benzene rings is 1. The molecule has 1 aliphatic heterocycles. The minimum atomic E-state index is -0.227. The van der Waals surface area contributed by atoms with Crippen LogP contribution in [-0.4, -0.2) is 43.5 Å². The molecule has 1 saturated heterocycles. The molecule has 0 aromatic heterocycles. The van der Waals surface area contributed by atoms with E-state index in [0.29, 0.717) is 18.7 Å². The maximum Gasteiger partial charge on any atom is 0.234 e. The van der Waals surface area contributed by atoms with Gasteiger partial charge >= 0.3 is 0 Å². The van der Waals surface area contributed by atoms with Gasteiger partial charge < -0.3 is 10.6 Å². The molecule has 2 N–H and O–H groups in total. The fourth-order valence-electron chi connectivity index (χ4n) is 2.27. The van der Waals surface area contributed by atoms with Gasteiger partial charge in [0.2, 0.25) is 5.91 Å². The molecule has 20 heavy (non-hydrogen) atoms. The van der Waals surface area contributed by atoms with E-state index in [4.69, 9.17) is 0 Å². The Morgan fingerprint density at radius 1 is 1.40 bits per heavy atom. The van der Waals surface area contributed by atoms with Crippen molar-refractivity contribution in [3.05, 3.63) is 35.1 Å².